The first-order chi connectivity index (χ1) is 14.5. The van der Waals surface area contributed by atoms with E-state index in [1.807, 2.05) is 6.92 Å². The molecule has 0 amide bonds. The van der Waals surface area contributed by atoms with E-state index >= 15 is 0 Å². The second-order valence-corrected chi connectivity index (χ2v) is 11.5. The van der Waals surface area contributed by atoms with Crippen molar-refractivity contribution in [1.82, 2.24) is 0 Å². The van der Waals surface area contributed by atoms with Crippen molar-refractivity contribution in [3.8, 4) is 0 Å². The van der Waals surface area contributed by atoms with Crippen LogP contribution in [0.1, 0.15) is 86.0 Å². The number of allylic oxidation sites excluding steroid dienone is 1. The molecule has 0 aromatic carbocycles. The van der Waals surface area contributed by atoms with Crippen LogP contribution in [0.4, 0.5) is 0 Å². The van der Waals surface area contributed by atoms with E-state index in [9.17, 15) is 14.7 Å². The van der Waals surface area contributed by atoms with Gasteiger partial charge >= 0.3 is 11.9 Å². The van der Waals surface area contributed by atoms with Crippen molar-refractivity contribution in [3.05, 3.63) is 11.6 Å². The van der Waals surface area contributed by atoms with Gasteiger partial charge in [-0.1, -0.05) is 25.5 Å². The molecular formula is C26H40O5. The summed E-state index contributed by atoms with van der Waals surface area (Å²) < 4.78 is 10.8. The summed E-state index contributed by atoms with van der Waals surface area (Å²) in [5, 5.41) is 11.3. The third kappa shape index (κ3) is 3.85. The molecule has 0 aromatic heterocycles. The normalized spacial score (nSPS) is 43.5. The third-order valence-corrected chi connectivity index (χ3v) is 9.71. The van der Waals surface area contributed by atoms with Crippen molar-refractivity contribution in [2.24, 2.45) is 34.5 Å². The Morgan fingerprint density at radius 3 is 2.52 bits per heavy atom. The van der Waals surface area contributed by atoms with E-state index in [4.69, 9.17) is 9.47 Å². The van der Waals surface area contributed by atoms with Crippen LogP contribution >= 0.6 is 0 Å². The monoisotopic (exact) mass is 432 g/mol. The molecule has 0 aromatic rings. The van der Waals surface area contributed by atoms with Crippen molar-refractivity contribution in [2.75, 3.05) is 6.61 Å². The maximum Gasteiger partial charge on any atom is 0.302 e. The number of hydrogen-bond donors (Lipinski definition) is 1. The summed E-state index contributed by atoms with van der Waals surface area (Å²) >= 11 is 0. The Morgan fingerprint density at radius 2 is 1.84 bits per heavy atom. The quantitative estimate of drug-likeness (QED) is 0.510. The van der Waals surface area contributed by atoms with Crippen molar-refractivity contribution >= 4 is 11.9 Å². The molecule has 0 heterocycles. The number of rotatable bonds is 4. The molecule has 0 radical (unpaired) electrons. The van der Waals surface area contributed by atoms with Crippen LogP contribution in [0.5, 0.6) is 0 Å². The molecule has 5 nitrogen and oxygen atoms in total. The zero-order valence-electron chi connectivity index (χ0n) is 19.9. The average molecular weight is 433 g/mol. The van der Waals surface area contributed by atoms with Crippen molar-refractivity contribution in [1.29, 1.82) is 0 Å². The summed E-state index contributed by atoms with van der Waals surface area (Å²) in [6, 6.07) is 0. The molecule has 0 spiro atoms. The predicted molar refractivity (Wildman–Crippen MR) is 118 cm³/mol. The first kappa shape index (κ1) is 22.8. The minimum Gasteiger partial charge on any atom is -0.463 e. The lowest BCUT2D eigenvalue weighted by molar-refractivity contribution is -0.159. The summed E-state index contributed by atoms with van der Waals surface area (Å²) in [5.41, 5.74) is 0.816. The number of carbonyl (C=O) groups is 2. The molecule has 3 saturated carbocycles. The number of esters is 2. The van der Waals surface area contributed by atoms with Gasteiger partial charge in [0.15, 0.2) is 0 Å². The number of hydrogen-bond acceptors (Lipinski definition) is 5. The van der Waals surface area contributed by atoms with E-state index in [0.717, 1.165) is 44.9 Å². The van der Waals surface area contributed by atoms with Gasteiger partial charge in [-0.05, 0) is 86.4 Å². The van der Waals surface area contributed by atoms with E-state index in [2.05, 4.69) is 19.9 Å². The molecule has 31 heavy (non-hydrogen) atoms. The van der Waals surface area contributed by atoms with E-state index in [-0.39, 0.29) is 41.4 Å². The minimum absolute atomic E-state index is 0.0365. The van der Waals surface area contributed by atoms with Gasteiger partial charge in [0, 0.05) is 20.3 Å². The van der Waals surface area contributed by atoms with Gasteiger partial charge in [0.05, 0.1) is 5.60 Å². The fourth-order valence-corrected chi connectivity index (χ4v) is 8.33. The van der Waals surface area contributed by atoms with Gasteiger partial charge in [-0.3, -0.25) is 9.59 Å². The van der Waals surface area contributed by atoms with E-state index in [0.29, 0.717) is 17.8 Å². The highest BCUT2D eigenvalue weighted by Gasteiger charge is 2.61. The van der Waals surface area contributed by atoms with E-state index < -0.39 is 5.60 Å². The molecule has 0 bridgehead atoms. The van der Waals surface area contributed by atoms with Crippen molar-refractivity contribution in [3.63, 3.8) is 0 Å². The zero-order chi connectivity index (χ0) is 22.6. The second-order valence-electron chi connectivity index (χ2n) is 11.5. The van der Waals surface area contributed by atoms with E-state index in [1.54, 1.807) is 0 Å². The Bertz CT molecular complexity index is 770. The van der Waals surface area contributed by atoms with Crippen molar-refractivity contribution < 1.29 is 24.2 Å². The smallest absolute Gasteiger partial charge is 0.302 e. The number of ether oxygens (including phenoxy) is 2. The molecule has 4 rings (SSSR count). The Labute approximate surface area is 186 Å². The number of fused-ring (bicyclic) bond motifs is 5. The van der Waals surface area contributed by atoms with E-state index in [1.165, 1.54) is 25.8 Å². The van der Waals surface area contributed by atoms with Gasteiger partial charge in [0.2, 0.25) is 0 Å². The zero-order valence-corrected chi connectivity index (χ0v) is 19.9. The summed E-state index contributed by atoms with van der Waals surface area (Å²) in [6.45, 7) is 9.69. The lowest BCUT2D eigenvalue weighted by Crippen LogP contribution is -2.54. The summed E-state index contributed by atoms with van der Waals surface area (Å²) in [7, 11) is 0. The van der Waals surface area contributed by atoms with Gasteiger partial charge in [0.1, 0.15) is 12.7 Å². The number of carbonyl (C=O) groups excluding carboxylic acids is 2. The molecule has 8 atom stereocenters. The molecule has 0 saturated heterocycles. The second kappa shape index (κ2) is 7.90. The predicted octanol–water partition coefficient (Wildman–Crippen LogP) is 4.81. The molecule has 3 fully saturated rings. The van der Waals surface area contributed by atoms with Gasteiger partial charge in [-0.25, -0.2) is 0 Å². The first-order valence-electron chi connectivity index (χ1n) is 12.2. The molecule has 174 valence electrons. The molecule has 4 aliphatic rings. The molecule has 0 unspecified atom stereocenters. The van der Waals surface area contributed by atoms with Crippen LogP contribution in [0.2, 0.25) is 0 Å². The Kier molecular flexibility index (Phi) is 5.81. The van der Waals surface area contributed by atoms with Crippen LogP contribution in [0.25, 0.3) is 0 Å². The first-order valence-corrected chi connectivity index (χ1v) is 12.2. The highest BCUT2D eigenvalue weighted by atomic mass is 16.5. The summed E-state index contributed by atoms with van der Waals surface area (Å²) in [6.07, 6.45) is 11.0. The van der Waals surface area contributed by atoms with Gasteiger partial charge < -0.3 is 14.6 Å². The van der Waals surface area contributed by atoms with Crippen LogP contribution in [-0.2, 0) is 19.1 Å². The molecule has 1 N–H and O–H groups in total. The SMILES string of the molecule is CC(=O)OC[C@@](C)(O)[C@H]1CC[C@H]2[C@H]3CC=C4C[C@@H](OC(C)=O)CC[C@]4(C)[C@@H]3CC[C@@]21C. The lowest BCUT2D eigenvalue weighted by atomic mass is 9.47. The van der Waals surface area contributed by atoms with Gasteiger partial charge in [-0.2, -0.15) is 0 Å². The van der Waals surface area contributed by atoms with Crippen LogP contribution in [0.15, 0.2) is 11.6 Å². The van der Waals surface area contributed by atoms with Crippen LogP contribution in [0, 0.1) is 34.5 Å². The lowest BCUT2D eigenvalue weighted by Gasteiger charge is -2.58. The van der Waals surface area contributed by atoms with Crippen LogP contribution < -0.4 is 0 Å². The largest absolute Gasteiger partial charge is 0.463 e. The fraction of sp³-hybridized carbons (Fsp3) is 0.846. The molecular weight excluding hydrogens is 392 g/mol. The Hall–Kier alpha value is -1.36. The van der Waals surface area contributed by atoms with Crippen LogP contribution in [-0.4, -0.2) is 35.4 Å². The third-order valence-electron chi connectivity index (χ3n) is 9.71. The highest BCUT2D eigenvalue weighted by Crippen LogP contribution is 2.67. The highest BCUT2D eigenvalue weighted by molar-refractivity contribution is 5.66. The molecule has 5 heteroatoms. The van der Waals surface area contributed by atoms with Gasteiger partial charge in [0.25, 0.3) is 0 Å². The maximum absolute atomic E-state index is 11.4. The molecule has 0 aliphatic heterocycles. The number of aliphatic hydroxyl groups is 1. The minimum atomic E-state index is -0.982. The van der Waals surface area contributed by atoms with Crippen molar-refractivity contribution in [2.45, 2.75) is 97.7 Å². The van der Waals surface area contributed by atoms with Crippen LogP contribution in [0.3, 0.4) is 0 Å². The topological polar surface area (TPSA) is 72.8 Å². The average Bonchev–Trinajstić information content (AvgIpc) is 3.04. The summed E-state index contributed by atoms with van der Waals surface area (Å²) in [4.78, 5) is 22.8. The summed E-state index contributed by atoms with van der Waals surface area (Å²) in [5.74, 6) is 1.57. The maximum atomic E-state index is 11.4. The van der Waals surface area contributed by atoms with Gasteiger partial charge in [-0.15, -0.1) is 0 Å². The molecule has 4 aliphatic carbocycles. The Balaban J connectivity index is 1.54. The Morgan fingerprint density at radius 1 is 1.10 bits per heavy atom. The standard InChI is InChI=1S/C26H40O5/c1-16(27)30-15-26(5,29)23-9-8-21-20-7-6-18-14-19(31-17(2)28)10-12-24(18,3)22(20)11-13-25(21,23)4/h6,19-23,29H,7-15H2,1-5H3/t19-,20+,21-,22+,23-,24-,25-,26+/m0/s1. The fourth-order valence-electron chi connectivity index (χ4n) is 8.33.